The highest BCUT2D eigenvalue weighted by Gasteiger charge is 2.20. The summed E-state index contributed by atoms with van der Waals surface area (Å²) in [7, 11) is 0. The molecule has 1 saturated carbocycles. The van der Waals surface area contributed by atoms with Crippen molar-refractivity contribution in [2.45, 2.75) is 65.5 Å². The van der Waals surface area contributed by atoms with E-state index in [-0.39, 0.29) is 11.5 Å². The molecule has 0 bridgehead atoms. The summed E-state index contributed by atoms with van der Waals surface area (Å²) in [4.78, 5) is 31.0. The van der Waals surface area contributed by atoms with Crippen LogP contribution < -0.4 is 10.9 Å². The Balaban J connectivity index is 1.63. The van der Waals surface area contributed by atoms with E-state index in [0.29, 0.717) is 24.4 Å². The molecule has 1 aliphatic carbocycles. The van der Waals surface area contributed by atoms with Crippen LogP contribution in [-0.2, 0) is 11.3 Å². The van der Waals surface area contributed by atoms with E-state index in [9.17, 15) is 9.59 Å². The second-order valence-electron chi connectivity index (χ2n) is 6.98. The summed E-state index contributed by atoms with van der Waals surface area (Å²) in [5.74, 6) is 0.798. The molecule has 24 heavy (non-hydrogen) atoms. The Hall–Kier alpha value is -1.69. The minimum atomic E-state index is -0.0406. The van der Waals surface area contributed by atoms with Gasteiger partial charge >= 0.3 is 0 Å². The van der Waals surface area contributed by atoms with Crippen molar-refractivity contribution in [1.29, 1.82) is 0 Å². The van der Waals surface area contributed by atoms with Crippen LogP contribution in [0.1, 0.15) is 49.5 Å². The molecule has 2 heterocycles. The molecular formula is C18H25N3O2S. The third-order valence-electron chi connectivity index (χ3n) is 5.12. The van der Waals surface area contributed by atoms with Crippen LogP contribution in [0, 0.1) is 19.8 Å². The zero-order valence-electron chi connectivity index (χ0n) is 14.6. The number of hydrogen-bond acceptors (Lipinski definition) is 4. The Labute approximate surface area is 146 Å². The van der Waals surface area contributed by atoms with Crippen molar-refractivity contribution in [1.82, 2.24) is 14.9 Å². The van der Waals surface area contributed by atoms with Crippen LogP contribution in [0.15, 0.2) is 11.1 Å². The van der Waals surface area contributed by atoms with Crippen LogP contribution in [0.4, 0.5) is 0 Å². The van der Waals surface area contributed by atoms with Gasteiger partial charge in [0, 0.05) is 23.9 Å². The average molecular weight is 347 g/mol. The number of rotatable bonds is 4. The zero-order chi connectivity index (χ0) is 17.3. The minimum absolute atomic E-state index is 0.0276. The molecule has 0 aliphatic heterocycles. The molecule has 0 radical (unpaired) electrons. The van der Waals surface area contributed by atoms with Gasteiger partial charge in [-0.3, -0.25) is 14.2 Å². The molecule has 1 amide bonds. The second-order valence-corrected chi connectivity index (χ2v) is 8.18. The van der Waals surface area contributed by atoms with Crippen molar-refractivity contribution in [2.24, 2.45) is 5.92 Å². The highest BCUT2D eigenvalue weighted by atomic mass is 32.1. The topological polar surface area (TPSA) is 64.0 Å². The summed E-state index contributed by atoms with van der Waals surface area (Å²) >= 11 is 1.55. The number of hydrogen-bond donors (Lipinski definition) is 1. The maximum absolute atomic E-state index is 12.6. The smallest absolute Gasteiger partial charge is 0.262 e. The number of amides is 1. The Morgan fingerprint density at radius 1 is 1.33 bits per heavy atom. The van der Waals surface area contributed by atoms with Gasteiger partial charge in [0.05, 0.1) is 11.7 Å². The van der Waals surface area contributed by atoms with Crippen LogP contribution in [-0.4, -0.2) is 21.5 Å². The highest BCUT2D eigenvalue weighted by molar-refractivity contribution is 7.18. The summed E-state index contributed by atoms with van der Waals surface area (Å²) in [6, 6.07) is 0.299. The number of nitrogens with zero attached hydrogens (tertiary/aromatic N) is 2. The quantitative estimate of drug-likeness (QED) is 0.924. The number of fused-ring (bicyclic) bond motifs is 1. The molecule has 1 fully saturated rings. The Kier molecular flexibility index (Phi) is 5.04. The van der Waals surface area contributed by atoms with Gasteiger partial charge in [0.2, 0.25) is 5.91 Å². The van der Waals surface area contributed by atoms with E-state index >= 15 is 0 Å². The first-order valence-electron chi connectivity index (χ1n) is 8.70. The van der Waals surface area contributed by atoms with E-state index < -0.39 is 0 Å². The number of thiophene rings is 1. The van der Waals surface area contributed by atoms with Crippen LogP contribution in [0.5, 0.6) is 0 Å². The van der Waals surface area contributed by atoms with Crippen molar-refractivity contribution in [2.75, 3.05) is 0 Å². The van der Waals surface area contributed by atoms with Crippen molar-refractivity contribution >= 4 is 27.5 Å². The number of nitrogens with one attached hydrogen (secondary N) is 1. The largest absolute Gasteiger partial charge is 0.353 e. The van der Waals surface area contributed by atoms with E-state index in [1.165, 1.54) is 12.8 Å². The maximum Gasteiger partial charge on any atom is 0.262 e. The summed E-state index contributed by atoms with van der Waals surface area (Å²) in [5, 5.41) is 3.81. The first-order chi connectivity index (χ1) is 11.5. The van der Waals surface area contributed by atoms with Gasteiger partial charge in [-0.15, -0.1) is 11.3 Å². The first kappa shape index (κ1) is 17.1. The van der Waals surface area contributed by atoms with Gasteiger partial charge < -0.3 is 5.32 Å². The normalized spacial score (nSPS) is 21.1. The lowest BCUT2D eigenvalue weighted by Gasteiger charge is -2.26. The van der Waals surface area contributed by atoms with Crippen LogP contribution in [0.3, 0.4) is 0 Å². The van der Waals surface area contributed by atoms with Crippen molar-refractivity contribution < 1.29 is 4.79 Å². The van der Waals surface area contributed by atoms with Gasteiger partial charge in [-0.05, 0) is 51.0 Å². The van der Waals surface area contributed by atoms with Gasteiger partial charge in [-0.25, -0.2) is 4.98 Å². The molecule has 0 spiro atoms. The molecule has 0 unspecified atom stereocenters. The van der Waals surface area contributed by atoms with Crippen LogP contribution in [0.25, 0.3) is 10.2 Å². The molecule has 5 nitrogen and oxygen atoms in total. The predicted molar refractivity (Wildman–Crippen MR) is 97.5 cm³/mol. The van der Waals surface area contributed by atoms with Crippen molar-refractivity contribution in [3.05, 3.63) is 27.1 Å². The molecule has 1 N–H and O–H groups in total. The van der Waals surface area contributed by atoms with E-state index in [1.807, 2.05) is 13.8 Å². The number of carbonyl (C=O) groups is 1. The van der Waals surface area contributed by atoms with Gasteiger partial charge in [0.15, 0.2) is 0 Å². The molecular weight excluding hydrogens is 322 g/mol. The standard InChI is InChI=1S/C18H25N3O2S/c1-11-4-6-14(7-5-11)20-15(22)8-9-21-10-19-17-16(18(21)23)12(2)13(3)24-17/h10-11,14H,4-9H2,1-3H3,(H,20,22). The van der Waals surface area contributed by atoms with Gasteiger partial charge in [0.1, 0.15) is 4.83 Å². The fourth-order valence-electron chi connectivity index (χ4n) is 3.36. The summed E-state index contributed by atoms with van der Waals surface area (Å²) < 4.78 is 1.56. The SMILES string of the molecule is Cc1sc2ncn(CCC(=O)NC3CCC(C)CC3)c(=O)c2c1C. The first-order valence-corrected chi connectivity index (χ1v) is 9.52. The van der Waals surface area contributed by atoms with Gasteiger partial charge in [0.25, 0.3) is 5.56 Å². The lowest BCUT2D eigenvalue weighted by atomic mass is 9.87. The lowest BCUT2D eigenvalue weighted by molar-refractivity contribution is -0.122. The molecule has 6 heteroatoms. The zero-order valence-corrected chi connectivity index (χ0v) is 15.4. The maximum atomic E-state index is 12.6. The Bertz CT molecular complexity index is 800. The molecule has 0 saturated heterocycles. The van der Waals surface area contributed by atoms with E-state index in [2.05, 4.69) is 17.2 Å². The number of carbonyl (C=O) groups excluding carboxylic acids is 1. The fourth-order valence-corrected chi connectivity index (χ4v) is 4.34. The molecule has 2 aromatic rings. The summed E-state index contributed by atoms with van der Waals surface area (Å²) in [6.07, 6.45) is 6.38. The summed E-state index contributed by atoms with van der Waals surface area (Å²) in [6.45, 7) is 6.61. The van der Waals surface area contributed by atoms with Crippen LogP contribution >= 0.6 is 11.3 Å². The Morgan fingerprint density at radius 3 is 2.75 bits per heavy atom. The molecule has 2 aromatic heterocycles. The summed E-state index contributed by atoms with van der Waals surface area (Å²) in [5.41, 5.74) is 0.962. The lowest BCUT2D eigenvalue weighted by Crippen LogP contribution is -2.38. The van der Waals surface area contributed by atoms with E-state index in [1.54, 1.807) is 22.2 Å². The van der Waals surface area contributed by atoms with Gasteiger partial charge in [-0.2, -0.15) is 0 Å². The van der Waals surface area contributed by atoms with Crippen molar-refractivity contribution in [3.8, 4) is 0 Å². The minimum Gasteiger partial charge on any atom is -0.353 e. The Morgan fingerprint density at radius 2 is 2.04 bits per heavy atom. The third-order valence-corrected chi connectivity index (χ3v) is 6.23. The number of aryl methyl sites for hydroxylation is 3. The third kappa shape index (κ3) is 3.53. The van der Waals surface area contributed by atoms with Crippen LogP contribution in [0.2, 0.25) is 0 Å². The highest BCUT2D eigenvalue weighted by Crippen LogP contribution is 2.25. The van der Waals surface area contributed by atoms with E-state index in [0.717, 1.165) is 34.0 Å². The average Bonchev–Trinajstić information content (AvgIpc) is 2.84. The van der Waals surface area contributed by atoms with Gasteiger partial charge in [-0.1, -0.05) is 6.92 Å². The molecule has 0 atom stereocenters. The van der Waals surface area contributed by atoms with E-state index in [4.69, 9.17) is 0 Å². The molecule has 3 rings (SSSR count). The monoisotopic (exact) mass is 347 g/mol. The molecule has 1 aliphatic rings. The second kappa shape index (κ2) is 7.05. The molecule has 130 valence electrons. The predicted octanol–water partition coefficient (Wildman–Crippen LogP) is 3.16. The number of aromatic nitrogens is 2. The fraction of sp³-hybridized carbons (Fsp3) is 0.611. The van der Waals surface area contributed by atoms with Crippen molar-refractivity contribution in [3.63, 3.8) is 0 Å². The molecule has 0 aromatic carbocycles.